The zero-order valence-corrected chi connectivity index (χ0v) is 15.4. The molecule has 2 heterocycles. The lowest BCUT2D eigenvalue weighted by atomic mass is 9.97. The molecule has 0 radical (unpaired) electrons. The van der Waals surface area contributed by atoms with Gasteiger partial charge in [0.25, 0.3) is 5.91 Å². The second-order valence-electron chi connectivity index (χ2n) is 7.11. The fourth-order valence-electron chi connectivity index (χ4n) is 3.88. The standard InChI is InChI=1S/C20H22N2O3S/c23-19(13-5-3-6-14(11-13)20(24)25)22-10-4-7-15(12-22)18-21-16-8-1-2-9-17(16)26-18/h3,5-6,11,15H,1-2,4,7-10,12H2,(H,24,25). The van der Waals surface area contributed by atoms with E-state index >= 15 is 0 Å². The van der Waals surface area contributed by atoms with Gasteiger partial charge in [0.2, 0.25) is 0 Å². The molecule has 1 aliphatic carbocycles. The molecule has 4 rings (SSSR count). The number of carboxylic acids is 1. The quantitative estimate of drug-likeness (QED) is 0.893. The monoisotopic (exact) mass is 370 g/mol. The first-order valence-electron chi connectivity index (χ1n) is 9.23. The molecule has 1 N–H and O–H groups in total. The molecule has 1 aliphatic heterocycles. The normalized spacial score (nSPS) is 19.8. The zero-order chi connectivity index (χ0) is 18.1. The number of piperidine rings is 1. The van der Waals surface area contributed by atoms with Crippen molar-refractivity contribution in [1.29, 1.82) is 0 Å². The highest BCUT2D eigenvalue weighted by molar-refractivity contribution is 7.11. The van der Waals surface area contributed by atoms with E-state index in [1.807, 2.05) is 16.2 Å². The number of aromatic carboxylic acids is 1. The third-order valence-corrected chi connectivity index (χ3v) is 6.60. The number of carboxylic acid groups (broad SMARTS) is 1. The van der Waals surface area contributed by atoms with Crippen LogP contribution in [0.2, 0.25) is 0 Å². The molecule has 6 heteroatoms. The lowest BCUT2D eigenvalue weighted by molar-refractivity contribution is 0.0697. The highest BCUT2D eigenvalue weighted by atomic mass is 32.1. The molecule has 2 aliphatic rings. The first-order valence-corrected chi connectivity index (χ1v) is 10.0. The molecular formula is C20H22N2O3S. The summed E-state index contributed by atoms with van der Waals surface area (Å²) in [5, 5.41) is 10.3. The Morgan fingerprint density at radius 3 is 2.77 bits per heavy atom. The van der Waals surface area contributed by atoms with Crippen LogP contribution in [0, 0.1) is 0 Å². The SMILES string of the molecule is O=C(O)c1cccc(C(=O)N2CCCC(c3nc4c(s3)CCCC4)C2)c1. The average Bonchev–Trinajstić information content (AvgIpc) is 3.12. The van der Waals surface area contributed by atoms with Crippen LogP contribution in [-0.4, -0.2) is 40.0 Å². The van der Waals surface area contributed by atoms with Gasteiger partial charge in [0.05, 0.1) is 16.3 Å². The number of likely N-dealkylation sites (tertiary alicyclic amines) is 1. The zero-order valence-electron chi connectivity index (χ0n) is 14.6. The van der Waals surface area contributed by atoms with E-state index in [-0.39, 0.29) is 11.5 Å². The van der Waals surface area contributed by atoms with E-state index in [0.717, 1.165) is 32.2 Å². The summed E-state index contributed by atoms with van der Waals surface area (Å²) in [6.07, 6.45) is 6.73. The van der Waals surface area contributed by atoms with Gasteiger partial charge in [-0.05, 0) is 56.7 Å². The molecule has 5 nitrogen and oxygen atoms in total. The third-order valence-electron chi connectivity index (χ3n) is 5.28. The summed E-state index contributed by atoms with van der Waals surface area (Å²) < 4.78 is 0. The van der Waals surface area contributed by atoms with Crippen molar-refractivity contribution in [2.75, 3.05) is 13.1 Å². The van der Waals surface area contributed by atoms with E-state index in [9.17, 15) is 9.59 Å². The van der Waals surface area contributed by atoms with Crippen LogP contribution in [0.15, 0.2) is 24.3 Å². The predicted octanol–water partition coefficient (Wildman–Crippen LogP) is 3.74. The molecule has 1 unspecified atom stereocenters. The van der Waals surface area contributed by atoms with E-state index < -0.39 is 5.97 Å². The number of aromatic nitrogens is 1. The molecule has 1 fully saturated rings. The van der Waals surface area contributed by atoms with Crippen LogP contribution in [-0.2, 0) is 12.8 Å². The Balaban J connectivity index is 1.51. The number of hydrogen-bond donors (Lipinski definition) is 1. The topological polar surface area (TPSA) is 70.5 Å². The van der Waals surface area contributed by atoms with Crippen LogP contribution >= 0.6 is 11.3 Å². The highest BCUT2D eigenvalue weighted by Gasteiger charge is 2.29. The lowest BCUT2D eigenvalue weighted by Crippen LogP contribution is -2.39. The summed E-state index contributed by atoms with van der Waals surface area (Å²) in [7, 11) is 0. The first kappa shape index (κ1) is 17.2. The van der Waals surface area contributed by atoms with Gasteiger partial charge in [-0.2, -0.15) is 0 Å². The Morgan fingerprint density at radius 1 is 1.15 bits per heavy atom. The van der Waals surface area contributed by atoms with E-state index in [2.05, 4.69) is 0 Å². The van der Waals surface area contributed by atoms with Gasteiger partial charge in [-0.25, -0.2) is 9.78 Å². The molecule has 1 aromatic carbocycles. The minimum Gasteiger partial charge on any atom is -0.478 e. The molecule has 0 spiro atoms. The third kappa shape index (κ3) is 3.38. The van der Waals surface area contributed by atoms with Gasteiger partial charge in [0.1, 0.15) is 0 Å². The molecule has 1 saturated heterocycles. The molecule has 0 bridgehead atoms. The van der Waals surface area contributed by atoms with Crippen molar-refractivity contribution < 1.29 is 14.7 Å². The van der Waals surface area contributed by atoms with Crippen molar-refractivity contribution in [3.05, 3.63) is 51.0 Å². The smallest absolute Gasteiger partial charge is 0.335 e. The summed E-state index contributed by atoms with van der Waals surface area (Å²) in [6.45, 7) is 1.39. The van der Waals surface area contributed by atoms with Crippen molar-refractivity contribution >= 4 is 23.2 Å². The average molecular weight is 370 g/mol. The largest absolute Gasteiger partial charge is 0.478 e. The van der Waals surface area contributed by atoms with Crippen molar-refractivity contribution in [3.63, 3.8) is 0 Å². The Morgan fingerprint density at radius 2 is 1.96 bits per heavy atom. The number of amides is 1. The maximum Gasteiger partial charge on any atom is 0.335 e. The fraction of sp³-hybridized carbons (Fsp3) is 0.450. The minimum absolute atomic E-state index is 0.0841. The van der Waals surface area contributed by atoms with Gasteiger partial charge in [0.15, 0.2) is 0 Å². The number of nitrogens with zero attached hydrogens (tertiary/aromatic N) is 2. The summed E-state index contributed by atoms with van der Waals surface area (Å²) in [5.74, 6) is -0.797. The van der Waals surface area contributed by atoms with Gasteiger partial charge >= 0.3 is 5.97 Å². The predicted molar refractivity (Wildman–Crippen MR) is 100 cm³/mol. The molecule has 1 aromatic heterocycles. The molecule has 0 saturated carbocycles. The molecular weight excluding hydrogens is 348 g/mol. The van der Waals surface area contributed by atoms with E-state index in [1.165, 1.54) is 40.6 Å². The van der Waals surface area contributed by atoms with Crippen LogP contribution in [0.5, 0.6) is 0 Å². The van der Waals surface area contributed by atoms with E-state index in [1.54, 1.807) is 12.1 Å². The highest BCUT2D eigenvalue weighted by Crippen LogP contribution is 2.35. The molecule has 136 valence electrons. The maximum atomic E-state index is 12.9. The maximum absolute atomic E-state index is 12.9. The number of thiazole rings is 1. The molecule has 2 aromatic rings. The van der Waals surface area contributed by atoms with E-state index in [0.29, 0.717) is 18.0 Å². The van der Waals surface area contributed by atoms with Gasteiger partial charge in [-0.15, -0.1) is 11.3 Å². The van der Waals surface area contributed by atoms with Crippen LogP contribution in [0.1, 0.15) is 67.9 Å². The molecule has 1 amide bonds. The van der Waals surface area contributed by atoms with Crippen LogP contribution in [0.3, 0.4) is 0 Å². The van der Waals surface area contributed by atoms with Crippen molar-refractivity contribution in [2.45, 2.75) is 44.4 Å². The number of benzene rings is 1. The summed E-state index contributed by atoms with van der Waals surface area (Å²) in [6, 6.07) is 6.31. The Labute approximate surface area is 156 Å². The summed E-state index contributed by atoms with van der Waals surface area (Å²) >= 11 is 1.83. The number of aryl methyl sites for hydroxylation is 2. The Hall–Kier alpha value is -2.21. The van der Waals surface area contributed by atoms with Gasteiger partial charge in [-0.3, -0.25) is 4.79 Å². The van der Waals surface area contributed by atoms with Crippen LogP contribution in [0.4, 0.5) is 0 Å². The fourth-order valence-corrected chi connectivity index (χ4v) is 5.16. The number of fused-ring (bicyclic) bond motifs is 1. The summed E-state index contributed by atoms with van der Waals surface area (Å²) in [5.41, 5.74) is 1.87. The van der Waals surface area contributed by atoms with Crippen molar-refractivity contribution in [1.82, 2.24) is 9.88 Å². The Bertz CT molecular complexity index is 822. The van der Waals surface area contributed by atoms with Gasteiger partial charge in [-0.1, -0.05) is 6.07 Å². The second kappa shape index (κ2) is 7.19. The Kier molecular flexibility index (Phi) is 4.76. The van der Waals surface area contributed by atoms with Crippen molar-refractivity contribution in [3.8, 4) is 0 Å². The number of rotatable bonds is 3. The second-order valence-corrected chi connectivity index (χ2v) is 8.22. The molecule has 26 heavy (non-hydrogen) atoms. The number of carbonyl (C=O) groups excluding carboxylic acids is 1. The lowest BCUT2D eigenvalue weighted by Gasteiger charge is -2.32. The van der Waals surface area contributed by atoms with Crippen LogP contribution in [0.25, 0.3) is 0 Å². The van der Waals surface area contributed by atoms with Crippen LogP contribution < -0.4 is 0 Å². The minimum atomic E-state index is -1.01. The van der Waals surface area contributed by atoms with Crippen molar-refractivity contribution in [2.24, 2.45) is 0 Å². The summed E-state index contributed by atoms with van der Waals surface area (Å²) in [4.78, 5) is 32.2. The molecule has 1 atom stereocenters. The number of carbonyl (C=O) groups is 2. The first-order chi connectivity index (χ1) is 12.6. The van der Waals surface area contributed by atoms with Gasteiger partial charge in [0, 0.05) is 29.4 Å². The number of hydrogen-bond acceptors (Lipinski definition) is 4. The van der Waals surface area contributed by atoms with Gasteiger partial charge < -0.3 is 10.0 Å². The van der Waals surface area contributed by atoms with E-state index in [4.69, 9.17) is 10.1 Å².